The lowest BCUT2D eigenvalue weighted by molar-refractivity contribution is -0.113. The summed E-state index contributed by atoms with van der Waals surface area (Å²) < 4.78 is 0. The number of thioether (sulfide) groups is 1. The van der Waals surface area contributed by atoms with Crippen LogP contribution >= 0.6 is 11.8 Å². The number of nitrogens with one attached hydrogen (secondary N) is 1. The third-order valence-corrected chi connectivity index (χ3v) is 3.16. The molecular formula is C10H13NOS. The van der Waals surface area contributed by atoms with Crippen LogP contribution in [0.2, 0.25) is 0 Å². The SMILES string of the molecule is CCc1ccc2c(c1)NC(=O)CS2.[HH]. The lowest BCUT2D eigenvalue weighted by Gasteiger charge is -2.16. The van der Waals surface area contributed by atoms with Crippen LogP contribution in [-0.4, -0.2) is 11.7 Å². The Morgan fingerprint density at radius 2 is 2.46 bits per heavy atom. The molecule has 0 saturated heterocycles. The van der Waals surface area contributed by atoms with Gasteiger partial charge in [0.1, 0.15) is 0 Å². The van der Waals surface area contributed by atoms with E-state index in [9.17, 15) is 4.79 Å². The molecule has 1 N–H and O–H groups in total. The van der Waals surface area contributed by atoms with Crippen molar-refractivity contribution < 1.29 is 6.22 Å². The Hall–Kier alpha value is -0.960. The minimum Gasteiger partial charge on any atom is -0.324 e. The fraction of sp³-hybridized carbons (Fsp3) is 0.300. The van der Waals surface area contributed by atoms with E-state index in [0.717, 1.165) is 12.1 Å². The van der Waals surface area contributed by atoms with E-state index in [1.54, 1.807) is 11.8 Å². The number of hydrogen-bond acceptors (Lipinski definition) is 2. The molecule has 1 amide bonds. The van der Waals surface area contributed by atoms with Crippen molar-refractivity contribution in [2.24, 2.45) is 0 Å². The summed E-state index contributed by atoms with van der Waals surface area (Å²) in [4.78, 5) is 12.3. The zero-order chi connectivity index (χ0) is 9.26. The number of aryl methyl sites for hydroxylation is 1. The van der Waals surface area contributed by atoms with Crippen LogP contribution in [0.5, 0.6) is 0 Å². The monoisotopic (exact) mass is 195 g/mol. The highest BCUT2D eigenvalue weighted by Gasteiger charge is 2.14. The quantitative estimate of drug-likeness (QED) is 0.746. The highest BCUT2D eigenvalue weighted by molar-refractivity contribution is 8.00. The number of carbonyl (C=O) groups is 1. The predicted octanol–water partition coefficient (Wildman–Crippen LogP) is 2.54. The molecular weight excluding hydrogens is 182 g/mol. The van der Waals surface area contributed by atoms with Gasteiger partial charge in [0, 0.05) is 6.32 Å². The van der Waals surface area contributed by atoms with Crippen molar-refractivity contribution in [3.05, 3.63) is 23.8 Å². The molecule has 13 heavy (non-hydrogen) atoms. The van der Waals surface area contributed by atoms with Crippen LogP contribution < -0.4 is 5.32 Å². The first-order valence-electron chi connectivity index (χ1n) is 4.35. The first-order chi connectivity index (χ1) is 6.29. The second-order valence-electron chi connectivity index (χ2n) is 3.02. The molecule has 2 rings (SSSR count). The minimum absolute atomic E-state index is 0. The van der Waals surface area contributed by atoms with E-state index in [4.69, 9.17) is 0 Å². The van der Waals surface area contributed by atoms with Crippen molar-refractivity contribution in [2.75, 3.05) is 11.1 Å². The predicted molar refractivity (Wildman–Crippen MR) is 57.3 cm³/mol. The van der Waals surface area contributed by atoms with Crippen LogP contribution in [0.1, 0.15) is 13.9 Å². The van der Waals surface area contributed by atoms with E-state index >= 15 is 0 Å². The second kappa shape index (κ2) is 3.42. The first-order valence-corrected chi connectivity index (χ1v) is 5.33. The Morgan fingerprint density at radius 1 is 1.62 bits per heavy atom. The van der Waals surface area contributed by atoms with Crippen LogP contribution in [0.25, 0.3) is 0 Å². The van der Waals surface area contributed by atoms with Gasteiger partial charge in [0.25, 0.3) is 0 Å². The first kappa shape index (κ1) is 8.63. The van der Waals surface area contributed by atoms with Gasteiger partial charge in [-0.1, -0.05) is 13.0 Å². The fourth-order valence-corrected chi connectivity index (χ4v) is 2.14. The molecule has 0 aromatic heterocycles. The molecule has 3 heteroatoms. The molecule has 0 saturated carbocycles. The molecule has 1 aliphatic rings. The van der Waals surface area contributed by atoms with E-state index in [-0.39, 0.29) is 7.33 Å². The van der Waals surface area contributed by atoms with Crippen LogP contribution in [0.15, 0.2) is 23.1 Å². The van der Waals surface area contributed by atoms with Crippen LogP contribution in [-0.2, 0) is 11.2 Å². The third kappa shape index (κ3) is 1.70. The van der Waals surface area contributed by atoms with Gasteiger partial charge >= 0.3 is 0 Å². The number of rotatable bonds is 1. The van der Waals surface area contributed by atoms with Gasteiger partial charge < -0.3 is 5.32 Å². The van der Waals surface area contributed by atoms with Crippen LogP contribution in [0.4, 0.5) is 5.69 Å². The molecule has 0 aliphatic carbocycles. The van der Waals surface area contributed by atoms with Gasteiger partial charge in [-0.25, -0.2) is 0 Å². The summed E-state index contributed by atoms with van der Waals surface area (Å²) in [6.07, 6.45) is 1.01. The molecule has 1 aromatic carbocycles. The smallest absolute Gasteiger partial charge is 0.234 e. The number of hydrogen-bond donors (Lipinski definition) is 1. The molecule has 0 spiro atoms. The van der Waals surface area contributed by atoms with Gasteiger partial charge in [0.05, 0.1) is 11.4 Å². The van der Waals surface area contributed by atoms with Crippen molar-refractivity contribution in [2.45, 2.75) is 18.2 Å². The van der Waals surface area contributed by atoms with Gasteiger partial charge in [0.2, 0.25) is 5.91 Å². The summed E-state index contributed by atoms with van der Waals surface area (Å²) in [7, 11) is 0. The Kier molecular flexibility index (Phi) is 2.27. The van der Waals surface area contributed by atoms with E-state index in [1.807, 2.05) is 0 Å². The number of anilines is 1. The molecule has 1 aromatic rings. The summed E-state index contributed by atoms with van der Waals surface area (Å²) in [5, 5.41) is 2.87. The molecule has 0 radical (unpaired) electrons. The van der Waals surface area contributed by atoms with Gasteiger partial charge in [-0.2, -0.15) is 0 Å². The molecule has 2 nitrogen and oxygen atoms in total. The lowest BCUT2D eigenvalue weighted by Crippen LogP contribution is -2.18. The van der Waals surface area contributed by atoms with E-state index in [0.29, 0.717) is 5.75 Å². The number of amides is 1. The molecule has 70 valence electrons. The number of benzene rings is 1. The van der Waals surface area contributed by atoms with Crippen molar-refractivity contribution in [1.29, 1.82) is 0 Å². The van der Waals surface area contributed by atoms with Crippen molar-refractivity contribution in [1.82, 2.24) is 0 Å². The van der Waals surface area contributed by atoms with Gasteiger partial charge in [-0.3, -0.25) is 4.79 Å². The molecule has 0 bridgehead atoms. The molecule has 1 heterocycles. The zero-order valence-electron chi connectivity index (χ0n) is 7.46. The topological polar surface area (TPSA) is 29.1 Å². The normalized spacial score (nSPS) is 15.0. The summed E-state index contributed by atoms with van der Waals surface area (Å²) in [6.45, 7) is 2.11. The van der Waals surface area contributed by atoms with Gasteiger partial charge in [0.15, 0.2) is 0 Å². The van der Waals surface area contributed by atoms with E-state index in [2.05, 4.69) is 30.4 Å². The van der Waals surface area contributed by atoms with Crippen molar-refractivity contribution >= 4 is 23.4 Å². The van der Waals surface area contributed by atoms with Gasteiger partial charge in [-0.15, -0.1) is 11.8 Å². The maximum Gasteiger partial charge on any atom is 0.234 e. The van der Waals surface area contributed by atoms with Crippen LogP contribution in [0.3, 0.4) is 0 Å². The summed E-state index contributed by atoms with van der Waals surface area (Å²) >= 11 is 1.60. The summed E-state index contributed by atoms with van der Waals surface area (Å²) in [5.74, 6) is 0.643. The Morgan fingerprint density at radius 3 is 3.23 bits per heavy atom. The number of carbonyl (C=O) groups excluding carboxylic acids is 1. The van der Waals surface area contributed by atoms with Crippen molar-refractivity contribution in [3.8, 4) is 0 Å². The van der Waals surface area contributed by atoms with Gasteiger partial charge in [-0.05, 0) is 24.1 Å². The number of fused-ring (bicyclic) bond motifs is 1. The minimum atomic E-state index is 0. The van der Waals surface area contributed by atoms with E-state index in [1.165, 1.54) is 10.5 Å². The average molecular weight is 195 g/mol. The Balaban J connectivity index is 0.000000980. The fourth-order valence-electron chi connectivity index (χ4n) is 1.35. The average Bonchev–Trinajstić information content (AvgIpc) is 2.16. The maximum absolute atomic E-state index is 11.1. The summed E-state index contributed by atoms with van der Waals surface area (Å²) in [5.41, 5.74) is 2.24. The highest BCUT2D eigenvalue weighted by Crippen LogP contribution is 2.31. The van der Waals surface area contributed by atoms with Crippen molar-refractivity contribution in [3.63, 3.8) is 0 Å². The Labute approximate surface area is 83.2 Å². The van der Waals surface area contributed by atoms with Crippen LogP contribution in [0, 0.1) is 0 Å². The highest BCUT2D eigenvalue weighted by atomic mass is 32.2. The third-order valence-electron chi connectivity index (χ3n) is 2.09. The zero-order valence-corrected chi connectivity index (χ0v) is 8.28. The largest absolute Gasteiger partial charge is 0.324 e. The molecule has 0 fully saturated rings. The maximum atomic E-state index is 11.1. The standard InChI is InChI=1S/C10H11NOS.H2/c1-2-7-3-4-9-8(5-7)11-10(12)6-13-9;/h3-5H,2,6H2,1H3,(H,11,12);1H. The second-order valence-corrected chi connectivity index (χ2v) is 4.04. The molecule has 0 unspecified atom stereocenters. The molecule has 0 atom stereocenters. The summed E-state index contributed by atoms with van der Waals surface area (Å²) in [6, 6.07) is 6.25. The lowest BCUT2D eigenvalue weighted by atomic mass is 10.1. The van der Waals surface area contributed by atoms with E-state index < -0.39 is 0 Å². The Bertz CT molecular complexity index is 354. The molecule has 1 aliphatic heterocycles.